The number of nitrogens with one attached hydrogen (secondary N) is 1. The second kappa shape index (κ2) is 7.24. The number of benzene rings is 3. The summed E-state index contributed by atoms with van der Waals surface area (Å²) >= 11 is 5.90. The Morgan fingerprint density at radius 1 is 0.867 bits per heavy atom. The van der Waals surface area contributed by atoms with E-state index in [9.17, 15) is 9.59 Å². The van der Waals surface area contributed by atoms with Crippen LogP contribution in [0.4, 0.5) is 5.69 Å². The van der Waals surface area contributed by atoms with Crippen LogP contribution in [0.2, 0.25) is 5.02 Å². The highest BCUT2D eigenvalue weighted by Crippen LogP contribution is 2.36. The second-order valence-corrected chi connectivity index (χ2v) is 7.10. The molecule has 6 nitrogen and oxygen atoms in total. The first kappa shape index (κ1) is 18.3. The summed E-state index contributed by atoms with van der Waals surface area (Å²) in [4.78, 5) is 26.0. The summed E-state index contributed by atoms with van der Waals surface area (Å²) in [5, 5.41) is 3.98. The van der Waals surface area contributed by atoms with Crippen LogP contribution in [-0.4, -0.2) is 18.5 Å². The van der Waals surface area contributed by atoms with Crippen LogP contribution in [0.3, 0.4) is 0 Å². The summed E-state index contributed by atoms with van der Waals surface area (Å²) < 4.78 is 16.5. The van der Waals surface area contributed by atoms with Crippen molar-refractivity contribution in [2.24, 2.45) is 0 Å². The second-order valence-electron chi connectivity index (χ2n) is 6.66. The lowest BCUT2D eigenvalue weighted by Gasteiger charge is -2.07. The molecule has 0 saturated carbocycles. The largest absolute Gasteiger partial charge is 0.454 e. The fourth-order valence-electron chi connectivity index (χ4n) is 3.29. The summed E-state index contributed by atoms with van der Waals surface area (Å²) in [5.74, 6) is 0.349. The van der Waals surface area contributed by atoms with E-state index in [1.165, 1.54) is 0 Å². The lowest BCUT2D eigenvalue weighted by Crippen LogP contribution is -2.14. The van der Waals surface area contributed by atoms with E-state index in [4.69, 9.17) is 25.5 Å². The van der Waals surface area contributed by atoms with Gasteiger partial charge in [-0.1, -0.05) is 23.7 Å². The van der Waals surface area contributed by atoms with Gasteiger partial charge in [-0.15, -0.1) is 0 Å². The van der Waals surface area contributed by atoms with Crippen molar-refractivity contribution in [2.75, 3.05) is 12.1 Å². The third-order valence-electron chi connectivity index (χ3n) is 4.78. The molecule has 7 heteroatoms. The lowest BCUT2D eigenvalue weighted by molar-refractivity contribution is 0.101. The molecule has 1 aliphatic heterocycles. The Morgan fingerprint density at radius 2 is 1.60 bits per heavy atom. The maximum Gasteiger partial charge on any atom is 0.255 e. The number of hydrogen-bond donors (Lipinski definition) is 1. The molecular formula is C23H14ClNO5. The van der Waals surface area contributed by atoms with Crippen LogP contribution in [0.25, 0.3) is 11.0 Å². The topological polar surface area (TPSA) is 77.8 Å². The van der Waals surface area contributed by atoms with E-state index in [-0.39, 0.29) is 24.2 Å². The SMILES string of the molecule is O=C(Nc1c(C(=O)c2ccc3c(c2)OCO3)oc2ccccc12)c1ccc(Cl)cc1. The van der Waals surface area contributed by atoms with Crippen LogP contribution in [0, 0.1) is 0 Å². The molecule has 0 fully saturated rings. The molecule has 2 heterocycles. The Balaban J connectivity index is 1.56. The first-order valence-electron chi connectivity index (χ1n) is 9.13. The summed E-state index contributed by atoms with van der Waals surface area (Å²) in [6.07, 6.45) is 0. The number of halogens is 1. The Morgan fingerprint density at radius 3 is 2.43 bits per heavy atom. The zero-order chi connectivity index (χ0) is 20.7. The maximum absolute atomic E-state index is 13.2. The standard InChI is InChI=1S/C23H14ClNO5/c24-15-8-5-13(6-9-15)23(27)25-20-16-3-1-2-4-17(16)30-22(20)21(26)14-7-10-18-19(11-14)29-12-28-18/h1-11H,12H2,(H,25,27). The molecule has 1 aliphatic rings. The van der Waals surface area contributed by atoms with Crippen molar-refractivity contribution in [3.8, 4) is 11.5 Å². The normalized spacial score (nSPS) is 12.2. The first-order valence-corrected chi connectivity index (χ1v) is 9.51. The molecule has 1 amide bonds. The predicted molar refractivity (Wildman–Crippen MR) is 112 cm³/mol. The molecule has 0 unspecified atom stereocenters. The number of ether oxygens (including phenoxy) is 2. The number of rotatable bonds is 4. The van der Waals surface area contributed by atoms with Gasteiger partial charge in [0.05, 0.1) is 5.69 Å². The van der Waals surface area contributed by atoms with Gasteiger partial charge >= 0.3 is 0 Å². The van der Waals surface area contributed by atoms with Crippen LogP contribution in [0.1, 0.15) is 26.5 Å². The fraction of sp³-hybridized carbons (Fsp3) is 0.0435. The van der Waals surface area contributed by atoms with E-state index in [0.717, 1.165) is 0 Å². The number of carbonyl (C=O) groups excluding carboxylic acids is 2. The highest BCUT2D eigenvalue weighted by molar-refractivity contribution is 6.30. The van der Waals surface area contributed by atoms with Gasteiger partial charge in [0, 0.05) is 21.5 Å². The van der Waals surface area contributed by atoms with Gasteiger partial charge in [0.15, 0.2) is 17.3 Å². The number of hydrogen-bond acceptors (Lipinski definition) is 5. The molecule has 148 valence electrons. The highest BCUT2D eigenvalue weighted by atomic mass is 35.5. The van der Waals surface area contributed by atoms with Gasteiger partial charge < -0.3 is 19.2 Å². The average Bonchev–Trinajstić information content (AvgIpc) is 3.38. The molecule has 0 aliphatic carbocycles. The Kier molecular flexibility index (Phi) is 4.41. The fourth-order valence-corrected chi connectivity index (χ4v) is 3.41. The summed E-state index contributed by atoms with van der Waals surface area (Å²) in [6.45, 7) is 0.111. The van der Waals surface area contributed by atoms with Gasteiger partial charge in [0.25, 0.3) is 5.91 Å². The number of carbonyl (C=O) groups is 2. The van der Waals surface area contributed by atoms with Crippen molar-refractivity contribution >= 4 is 39.9 Å². The molecule has 30 heavy (non-hydrogen) atoms. The molecule has 1 N–H and O–H groups in total. The maximum atomic E-state index is 13.2. The Hall–Kier alpha value is -3.77. The first-order chi connectivity index (χ1) is 14.6. The average molecular weight is 420 g/mol. The van der Waals surface area contributed by atoms with Gasteiger partial charge in [-0.05, 0) is 54.6 Å². The van der Waals surface area contributed by atoms with Crippen molar-refractivity contribution in [2.45, 2.75) is 0 Å². The van der Waals surface area contributed by atoms with E-state index >= 15 is 0 Å². The molecule has 0 spiro atoms. The van der Waals surface area contributed by atoms with E-state index in [0.29, 0.717) is 44.3 Å². The molecule has 0 atom stereocenters. The van der Waals surface area contributed by atoms with Crippen LogP contribution < -0.4 is 14.8 Å². The monoisotopic (exact) mass is 419 g/mol. The van der Waals surface area contributed by atoms with Crippen molar-refractivity contribution < 1.29 is 23.5 Å². The molecular weight excluding hydrogens is 406 g/mol. The molecule has 0 bridgehead atoms. The van der Waals surface area contributed by atoms with E-state index in [1.807, 2.05) is 6.07 Å². The number of furan rings is 1. The third kappa shape index (κ3) is 3.17. The minimum atomic E-state index is -0.379. The summed E-state index contributed by atoms with van der Waals surface area (Å²) in [5.41, 5.74) is 1.58. The lowest BCUT2D eigenvalue weighted by atomic mass is 10.1. The summed E-state index contributed by atoms with van der Waals surface area (Å²) in [6, 6.07) is 18.5. The zero-order valence-corrected chi connectivity index (χ0v) is 16.2. The molecule has 4 aromatic rings. The third-order valence-corrected chi connectivity index (χ3v) is 5.03. The molecule has 5 rings (SSSR count). The van der Waals surface area contributed by atoms with Gasteiger partial charge in [-0.3, -0.25) is 9.59 Å². The van der Waals surface area contributed by atoms with Gasteiger partial charge in [0.2, 0.25) is 12.6 Å². The molecule has 1 aromatic heterocycles. The number of anilines is 1. The van der Waals surface area contributed by atoms with E-state index < -0.39 is 0 Å². The number of ketones is 1. The quantitative estimate of drug-likeness (QED) is 0.454. The van der Waals surface area contributed by atoms with Crippen LogP contribution in [0.5, 0.6) is 11.5 Å². The Labute approximate surface area is 176 Å². The number of fused-ring (bicyclic) bond motifs is 2. The number of amides is 1. The molecule has 3 aromatic carbocycles. The van der Waals surface area contributed by atoms with Crippen molar-refractivity contribution in [3.05, 3.63) is 88.6 Å². The van der Waals surface area contributed by atoms with E-state index in [2.05, 4.69) is 5.32 Å². The number of para-hydroxylation sites is 1. The van der Waals surface area contributed by atoms with Crippen molar-refractivity contribution in [3.63, 3.8) is 0 Å². The minimum absolute atomic E-state index is 0.0392. The predicted octanol–water partition coefficient (Wildman–Crippen LogP) is 5.30. The summed E-state index contributed by atoms with van der Waals surface area (Å²) in [7, 11) is 0. The van der Waals surface area contributed by atoms with Crippen molar-refractivity contribution in [1.82, 2.24) is 0 Å². The molecule has 0 radical (unpaired) electrons. The highest BCUT2D eigenvalue weighted by Gasteiger charge is 2.25. The smallest absolute Gasteiger partial charge is 0.255 e. The van der Waals surface area contributed by atoms with Crippen LogP contribution >= 0.6 is 11.6 Å². The van der Waals surface area contributed by atoms with Crippen LogP contribution in [0.15, 0.2) is 71.1 Å². The van der Waals surface area contributed by atoms with E-state index in [1.54, 1.807) is 60.7 Å². The minimum Gasteiger partial charge on any atom is -0.454 e. The van der Waals surface area contributed by atoms with Gasteiger partial charge in [-0.2, -0.15) is 0 Å². The van der Waals surface area contributed by atoms with Crippen molar-refractivity contribution in [1.29, 1.82) is 0 Å². The zero-order valence-electron chi connectivity index (χ0n) is 15.5. The van der Waals surface area contributed by atoms with Gasteiger partial charge in [-0.25, -0.2) is 0 Å². The molecule has 0 saturated heterocycles. The van der Waals surface area contributed by atoms with Gasteiger partial charge in [0.1, 0.15) is 5.58 Å². The Bertz CT molecular complexity index is 1290. The van der Waals surface area contributed by atoms with Crippen LogP contribution in [-0.2, 0) is 0 Å².